The Morgan fingerprint density at radius 3 is 2.70 bits per heavy atom. The second-order valence-corrected chi connectivity index (χ2v) is 5.51. The van der Waals surface area contributed by atoms with E-state index in [9.17, 15) is 0 Å². The van der Waals surface area contributed by atoms with Crippen LogP contribution in [0.25, 0.3) is 0 Å². The van der Waals surface area contributed by atoms with Crippen molar-refractivity contribution in [3.05, 3.63) is 54.0 Å². The first-order chi connectivity index (χ1) is 9.79. The molecule has 1 saturated carbocycles. The summed E-state index contributed by atoms with van der Waals surface area (Å²) in [6, 6.07) is 13.2. The van der Waals surface area contributed by atoms with Crippen LogP contribution in [0.15, 0.2) is 47.1 Å². The van der Waals surface area contributed by atoms with Gasteiger partial charge in [-0.25, -0.2) is 0 Å². The van der Waals surface area contributed by atoms with Gasteiger partial charge in [0.15, 0.2) is 0 Å². The molecule has 2 aromatic rings. The molecule has 0 saturated heterocycles. The van der Waals surface area contributed by atoms with E-state index in [1.54, 1.807) is 6.26 Å². The van der Waals surface area contributed by atoms with Crippen molar-refractivity contribution >= 4 is 5.69 Å². The molecule has 3 heteroatoms. The Bertz CT molecular complexity index is 546. The summed E-state index contributed by atoms with van der Waals surface area (Å²) >= 11 is 0. The van der Waals surface area contributed by atoms with Gasteiger partial charge in [-0.2, -0.15) is 0 Å². The molecule has 1 aromatic heterocycles. The minimum atomic E-state index is 0.101. The van der Waals surface area contributed by atoms with Crippen LogP contribution < -0.4 is 10.6 Å². The monoisotopic (exact) mass is 270 g/mol. The van der Waals surface area contributed by atoms with Crippen molar-refractivity contribution in [3.8, 4) is 0 Å². The standard InChI is InChI=1S/C17H22N2O/c1-2-16(18)15-7-3-4-8-17(15)19(13-9-10-13)12-14-6-5-11-20-14/h3-8,11,13,16H,2,9-10,12,18H2,1H3. The highest BCUT2D eigenvalue weighted by Gasteiger charge is 2.31. The van der Waals surface area contributed by atoms with Gasteiger partial charge in [-0.05, 0) is 43.0 Å². The first kappa shape index (κ1) is 13.3. The molecule has 1 unspecified atom stereocenters. The van der Waals surface area contributed by atoms with E-state index in [0.717, 1.165) is 18.7 Å². The summed E-state index contributed by atoms with van der Waals surface area (Å²) in [5, 5.41) is 0. The molecule has 1 aliphatic rings. The molecule has 1 fully saturated rings. The third kappa shape index (κ3) is 2.73. The Morgan fingerprint density at radius 2 is 2.05 bits per heavy atom. The van der Waals surface area contributed by atoms with Gasteiger partial charge in [0.05, 0.1) is 12.8 Å². The molecule has 20 heavy (non-hydrogen) atoms. The van der Waals surface area contributed by atoms with Crippen molar-refractivity contribution in [1.29, 1.82) is 0 Å². The van der Waals surface area contributed by atoms with Crippen molar-refractivity contribution in [2.24, 2.45) is 5.73 Å². The normalized spacial score (nSPS) is 16.1. The summed E-state index contributed by atoms with van der Waals surface area (Å²) in [6.07, 6.45) is 5.22. The van der Waals surface area contributed by atoms with Crippen molar-refractivity contribution in [1.82, 2.24) is 0 Å². The predicted molar refractivity (Wildman–Crippen MR) is 81.6 cm³/mol. The van der Waals surface area contributed by atoms with Gasteiger partial charge in [0.25, 0.3) is 0 Å². The van der Waals surface area contributed by atoms with Crippen molar-refractivity contribution < 1.29 is 4.42 Å². The molecular formula is C17H22N2O. The predicted octanol–water partition coefficient (Wildman–Crippen LogP) is 3.86. The van der Waals surface area contributed by atoms with Gasteiger partial charge in [0.1, 0.15) is 5.76 Å². The van der Waals surface area contributed by atoms with E-state index in [1.165, 1.54) is 24.1 Å². The summed E-state index contributed by atoms with van der Waals surface area (Å²) in [7, 11) is 0. The molecule has 1 atom stereocenters. The van der Waals surface area contributed by atoms with Gasteiger partial charge in [-0.15, -0.1) is 0 Å². The lowest BCUT2D eigenvalue weighted by molar-refractivity contribution is 0.500. The molecule has 0 radical (unpaired) electrons. The number of rotatable bonds is 6. The van der Waals surface area contributed by atoms with Gasteiger partial charge in [0, 0.05) is 17.8 Å². The minimum absolute atomic E-state index is 0.101. The SMILES string of the molecule is CCC(N)c1ccccc1N(Cc1ccco1)C1CC1. The minimum Gasteiger partial charge on any atom is -0.467 e. The fraction of sp³-hybridized carbons (Fsp3) is 0.412. The zero-order valence-corrected chi connectivity index (χ0v) is 12.0. The average molecular weight is 270 g/mol. The summed E-state index contributed by atoms with van der Waals surface area (Å²) in [4.78, 5) is 2.45. The van der Waals surface area contributed by atoms with E-state index in [0.29, 0.717) is 6.04 Å². The van der Waals surface area contributed by atoms with E-state index in [2.05, 4.69) is 36.1 Å². The summed E-state index contributed by atoms with van der Waals surface area (Å²) < 4.78 is 5.52. The molecule has 3 rings (SSSR count). The molecule has 0 amide bonds. The maximum Gasteiger partial charge on any atom is 0.123 e. The van der Waals surface area contributed by atoms with Gasteiger partial charge in [-0.1, -0.05) is 25.1 Å². The fourth-order valence-corrected chi connectivity index (χ4v) is 2.65. The van der Waals surface area contributed by atoms with Crippen LogP contribution in [0.4, 0.5) is 5.69 Å². The molecule has 1 aromatic carbocycles. The number of para-hydroxylation sites is 1. The van der Waals surface area contributed by atoms with Crippen molar-refractivity contribution in [3.63, 3.8) is 0 Å². The number of anilines is 1. The molecule has 0 aliphatic heterocycles. The first-order valence-corrected chi connectivity index (χ1v) is 7.43. The summed E-state index contributed by atoms with van der Waals surface area (Å²) in [6.45, 7) is 2.96. The van der Waals surface area contributed by atoms with Crippen molar-refractivity contribution in [2.75, 3.05) is 4.90 Å². The first-order valence-electron chi connectivity index (χ1n) is 7.43. The second-order valence-electron chi connectivity index (χ2n) is 5.51. The maximum atomic E-state index is 6.28. The van der Waals surface area contributed by atoms with Gasteiger partial charge < -0.3 is 15.1 Å². The Labute approximate surface area is 120 Å². The third-order valence-corrected chi connectivity index (χ3v) is 3.98. The van der Waals surface area contributed by atoms with Crippen LogP contribution in [-0.2, 0) is 6.54 Å². The molecular weight excluding hydrogens is 248 g/mol. The molecule has 2 N–H and O–H groups in total. The Balaban J connectivity index is 1.91. The van der Waals surface area contributed by atoms with Gasteiger partial charge >= 0.3 is 0 Å². The largest absolute Gasteiger partial charge is 0.467 e. The zero-order chi connectivity index (χ0) is 13.9. The molecule has 0 bridgehead atoms. The van der Waals surface area contributed by atoms with Crippen molar-refractivity contribution in [2.45, 2.75) is 44.8 Å². The van der Waals surface area contributed by atoms with Crippen LogP contribution >= 0.6 is 0 Å². The Morgan fingerprint density at radius 1 is 1.25 bits per heavy atom. The average Bonchev–Trinajstić information content (AvgIpc) is 3.20. The highest BCUT2D eigenvalue weighted by Crippen LogP contribution is 2.36. The second kappa shape index (κ2) is 5.71. The molecule has 3 nitrogen and oxygen atoms in total. The van der Waals surface area contributed by atoms with E-state index in [4.69, 9.17) is 10.2 Å². The lowest BCUT2D eigenvalue weighted by Gasteiger charge is -2.28. The van der Waals surface area contributed by atoms with Gasteiger partial charge in [-0.3, -0.25) is 0 Å². The van der Waals surface area contributed by atoms with Crippen LogP contribution in [0.1, 0.15) is 43.6 Å². The smallest absolute Gasteiger partial charge is 0.123 e. The lowest BCUT2D eigenvalue weighted by Crippen LogP contribution is -2.27. The molecule has 1 aliphatic carbocycles. The number of nitrogens with two attached hydrogens (primary N) is 1. The maximum absolute atomic E-state index is 6.28. The van der Waals surface area contributed by atoms with E-state index >= 15 is 0 Å². The quantitative estimate of drug-likeness (QED) is 0.866. The molecule has 106 valence electrons. The fourth-order valence-electron chi connectivity index (χ4n) is 2.65. The number of nitrogens with zero attached hydrogens (tertiary/aromatic N) is 1. The topological polar surface area (TPSA) is 42.4 Å². The zero-order valence-electron chi connectivity index (χ0n) is 12.0. The van der Waals surface area contributed by atoms with Gasteiger partial charge in [0.2, 0.25) is 0 Å². The van der Waals surface area contributed by atoms with E-state index < -0.39 is 0 Å². The number of hydrogen-bond acceptors (Lipinski definition) is 3. The van der Waals surface area contributed by atoms with E-state index in [-0.39, 0.29) is 6.04 Å². The van der Waals surface area contributed by atoms with Crippen LogP contribution in [0.2, 0.25) is 0 Å². The number of benzene rings is 1. The lowest BCUT2D eigenvalue weighted by atomic mass is 10.0. The van der Waals surface area contributed by atoms with Crippen LogP contribution in [0.5, 0.6) is 0 Å². The third-order valence-electron chi connectivity index (χ3n) is 3.98. The summed E-state index contributed by atoms with van der Waals surface area (Å²) in [5.74, 6) is 1.01. The van der Waals surface area contributed by atoms with Crippen LogP contribution in [-0.4, -0.2) is 6.04 Å². The Kier molecular flexibility index (Phi) is 3.79. The highest BCUT2D eigenvalue weighted by molar-refractivity contribution is 5.56. The van der Waals surface area contributed by atoms with Crippen LogP contribution in [0.3, 0.4) is 0 Å². The van der Waals surface area contributed by atoms with E-state index in [1.807, 2.05) is 12.1 Å². The number of furan rings is 1. The molecule has 1 heterocycles. The highest BCUT2D eigenvalue weighted by atomic mass is 16.3. The summed E-state index contributed by atoms with van der Waals surface area (Å²) in [5.41, 5.74) is 8.79. The molecule has 0 spiro atoms. The van der Waals surface area contributed by atoms with Crippen LogP contribution in [0, 0.1) is 0 Å². The number of hydrogen-bond donors (Lipinski definition) is 1. The Hall–Kier alpha value is -1.74.